The molecular weight excluding hydrogens is 817 g/mol. The van der Waals surface area contributed by atoms with E-state index in [1.54, 1.807) is 0 Å². The lowest BCUT2D eigenvalue weighted by atomic mass is 9.78. The first-order valence-electron chi connectivity index (χ1n) is 22.6. The molecule has 1 unspecified atom stereocenters. The van der Waals surface area contributed by atoms with Crippen LogP contribution in [0.2, 0.25) is 0 Å². The van der Waals surface area contributed by atoms with Crippen LogP contribution in [0.15, 0.2) is 60.9 Å². The third-order valence-electron chi connectivity index (χ3n) is 14.0. The van der Waals surface area contributed by atoms with Gasteiger partial charge in [0.25, 0.3) is 0 Å². The predicted octanol–water partition coefficient (Wildman–Crippen LogP) is 7.04. The number of aromatic amines is 2. The second-order valence-electron chi connectivity index (χ2n) is 18.8. The van der Waals surface area contributed by atoms with Gasteiger partial charge in [-0.15, -0.1) is 0 Å². The molecule has 6 heterocycles. The molecule has 4 N–H and O–H groups in total. The highest BCUT2D eigenvalue weighted by Gasteiger charge is 2.51. The lowest BCUT2D eigenvalue weighted by molar-refractivity contribution is -0.136. The van der Waals surface area contributed by atoms with Gasteiger partial charge in [0, 0.05) is 51.3 Å². The van der Waals surface area contributed by atoms with Crippen LogP contribution in [0.25, 0.3) is 33.6 Å². The lowest BCUT2D eigenvalue weighted by Crippen LogP contribution is -2.51. The standard InChI is InChI=1S/C48H62N8O8/c1-29(2)39(53-45(59)61-5)43(57)55-27-47(15-19-63-20-16-47)23-37(55)41-49-25-35(51-41)33-11-7-31(8-12-33)32-9-13-34(14-10-32)36-26-50-42(52-36)38-24-48(17-21-64-22-18-48)28-56(38)44(58)40(30(3)4)54-46(60)62-6/h7-14,25-26,29-30,37-40H,15-24,27-28H2,1-6H3,(H,49,51)(H,50,52)(H,53,59)(H,54,60)/t37-,38?,39-,40-/m0/s1. The monoisotopic (exact) mass is 878 g/mol. The van der Waals surface area contributed by atoms with E-state index in [4.69, 9.17) is 28.9 Å². The number of aromatic nitrogens is 4. The SMILES string of the molecule is COC(=O)N[C@H](C(=O)N1CC2(CCOCC2)CC1c1ncc(-c2ccc(-c3ccc(-c4c[nH]c([C@@H]5CC6(CCOCC6)CN5C(=O)[C@@H](NC(=O)OC)C(C)C)n4)cc3)cc2)[nH]1)C(C)C. The lowest BCUT2D eigenvalue weighted by Gasteiger charge is -2.34. The molecule has 4 fully saturated rings. The average Bonchev–Trinajstić information content (AvgIpc) is 4.13. The van der Waals surface area contributed by atoms with Crippen LogP contribution in [0.4, 0.5) is 9.59 Å². The van der Waals surface area contributed by atoms with Crippen molar-refractivity contribution >= 4 is 24.0 Å². The van der Waals surface area contributed by atoms with E-state index in [9.17, 15) is 19.2 Å². The van der Waals surface area contributed by atoms with Crippen molar-refractivity contribution in [3.05, 3.63) is 72.6 Å². The summed E-state index contributed by atoms with van der Waals surface area (Å²) in [5.41, 5.74) is 5.48. The molecular formula is C48H62N8O8. The van der Waals surface area contributed by atoms with Crippen LogP contribution in [0.1, 0.15) is 90.0 Å². The van der Waals surface area contributed by atoms with Gasteiger partial charge in [-0.2, -0.15) is 0 Å². The zero-order valence-electron chi connectivity index (χ0n) is 37.8. The number of imidazole rings is 2. The van der Waals surface area contributed by atoms with E-state index in [0.717, 1.165) is 83.8 Å². The summed E-state index contributed by atoms with van der Waals surface area (Å²) in [5.74, 6) is 0.880. The van der Waals surface area contributed by atoms with Crippen LogP contribution in [-0.2, 0) is 28.5 Å². The molecule has 0 bridgehead atoms. The molecule has 342 valence electrons. The van der Waals surface area contributed by atoms with E-state index in [2.05, 4.69) is 69.1 Å². The summed E-state index contributed by atoms with van der Waals surface area (Å²) < 4.78 is 21.1. The summed E-state index contributed by atoms with van der Waals surface area (Å²) >= 11 is 0. The number of hydrogen-bond acceptors (Lipinski definition) is 10. The summed E-state index contributed by atoms with van der Waals surface area (Å²) in [7, 11) is 2.60. The molecule has 64 heavy (non-hydrogen) atoms. The van der Waals surface area contributed by atoms with Gasteiger partial charge in [-0.05, 0) is 77.9 Å². The molecule has 4 aliphatic rings. The third-order valence-corrected chi connectivity index (χ3v) is 14.0. The summed E-state index contributed by atoms with van der Waals surface area (Å²) in [6, 6.07) is 14.6. The number of benzene rings is 2. The van der Waals surface area contributed by atoms with Gasteiger partial charge >= 0.3 is 12.2 Å². The number of likely N-dealkylation sites (tertiary alicyclic amines) is 2. The molecule has 0 saturated carbocycles. The number of alkyl carbamates (subject to hydrolysis) is 2. The van der Waals surface area contributed by atoms with Crippen LogP contribution in [0, 0.1) is 22.7 Å². The summed E-state index contributed by atoms with van der Waals surface area (Å²) in [6.07, 6.45) is 7.43. The van der Waals surface area contributed by atoms with E-state index in [1.165, 1.54) is 14.2 Å². The van der Waals surface area contributed by atoms with E-state index in [-0.39, 0.29) is 46.6 Å². The van der Waals surface area contributed by atoms with Crippen molar-refractivity contribution in [1.82, 2.24) is 40.4 Å². The molecule has 0 aliphatic carbocycles. The van der Waals surface area contributed by atoms with Gasteiger partial charge in [-0.3, -0.25) is 9.59 Å². The van der Waals surface area contributed by atoms with E-state index < -0.39 is 24.3 Å². The van der Waals surface area contributed by atoms with E-state index in [1.807, 2.05) is 49.9 Å². The van der Waals surface area contributed by atoms with Crippen molar-refractivity contribution in [3.8, 4) is 33.6 Å². The molecule has 4 aliphatic heterocycles. The number of rotatable bonds is 11. The first kappa shape index (κ1) is 44.9. The maximum atomic E-state index is 14.2. The highest BCUT2D eigenvalue weighted by Crippen LogP contribution is 2.50. The van der Waals surface area contributed by atoms with Crippen molar-refractivity contribution in [2.24, 2.45) is 22.7 Å². The zero-order chi connectivity index (χ0) is 45.2. The Morgan fingerprint density at radius 2 is 1.11 bits per heavy atom. The number of carbonyl (C=O) groups is 4. The van der Waals surface area contributed by atoms with Gasteiger partial charge < -0.3 is 49.3 Å². The fourth-order valence-electron chi connectivity index (χ4n) is 10.1. The molecule has 0 radical (unpaired) electrons. The minimum absolute atomic E-state index is 0.0795. The topological polar surface area (TPSA) is 193 Å². The quantitative estimate of drug-likeness (QED) is 0.122. The number of nitrogens with one attached hydrogen (secondary N) is 4. The molecule has 2 aromatic carbocycles. The van der Waals surface area contributed by atoms with Crippen LogP contribution >= 0.6 is 0 Å². The van der Waals surface area contributed by atoms with Crippen molar-refractivity contribution in [2.45, 2.75) is 90.4 Å². The minimum Gasteiger partial charge on any atom is -0.453 e. The molecule has 2 aromatic heterocycles. The fraction of sp³-hybridized carbons (Fsp3) is 0.542. The maximum Gasteiger partial charge on any atom is 0.407 e. The smallest absolute Gasteiger partial charge is 0.407 e. The maximum absolute atomic E-state index is 14.2. The minimum atomic E-state index is -0.732. The molecule has 4 atom stereocenters. The molecule has 4 amide bonds. The number of methoxy groups -OCH3 is 2. The van der Waals surface area contributed by atoms with Gasteiger partial charge in [0.1, 0.15) is 23.7 Å². The third kappa shape index (κ3) is 9.25. The van der Waals surface area contributed by atoms with Crippen LogP contribution in [0.5, 0.6) is 0 Å². The Morgan fingerprint density at radius 3 is 1.56 bits per heavy atom. The van der Waals surface area contributed by atoms with Gasteiger partial charge in [0.2, 0.25) is 11.8 Å². The first-order valence-corrected chi connectivity index (χ1v) is 22.6. The normalized spacial score (nSPS) is 21.3. The van der Waals surface area contributed by atoms with Gasteiger partial charge in [0.15, 0.2) is 0 Å². The highest BCUT2D eigenvalue weighted by molar-refractivity contribution is 5.87. The highest BCUT2D eigenvalue weighted by atomic mass is 16.5. The number of amides is 4. The number of carbonyl (C=O) groups excluding carboxylic acids is 4. The number of hydrogen-bond donors (Lipinski definition) is 4. The number of ether oxygens (including phenoxy) is 4. The van der Waals surface area contributed by atoms with Crippen LogP contribution < -0.4 is 10.6 Å². The summed E-state index contributed by atoms with van der Waals surface area (Å²) in [5, 5.41) is 5.53. The second-order valence-corrected chi connectivity index (χ2v) is 18.8. The average molecular weight is 879 g/mol. The van der Waals surface area contributed by atoms with Crippen molar-refractivity contribution in [3.63, 3.8) is 0 Å². The van der Waals surface area contributed by atoms with Gasteiger partial charge in [-0.25, -0.2) is 19.6 Å². The molecule has 2 spiro atoms. The fourth-order valence-corrected chi connectivity index (χ4v) is 10.1. The van der Waals surface area contributed by atoms with E-state index in [0.29, 0.717) is 39.5 Å². The van der Waals surface area contributed by atoms with Crippen molar-refractivity contribution in [2.75, 3.05) is 53.7 Å². The Morgan fingerprint density at radius 1 is 0.672 bits per heavy atom. The number of nitrogens with zero attached hydrogens (tertiary/aromatic N) is 4. The van der Waals surface area contributed by atoms with Crippen molar-refractivity contribution in [1.29, 1.82) is 0 Å². The zero-order valence-corrected chi connectivity index (χ0v) is 37.8. The predicted molar refractivity (Wildman–Crippen MR) is 238 cm³/mol. The van der Waals surface area contributed by atoms with Crippen LogP contribution in [-0.4, -0.2) is 120 Å². The van der Waals surface area contributed by atoms with Crippen LogP contribution in [0.3, 0.4) is 0 Å². The molecule has 4 aromatic rings. The van der Waals surface area contributed by atoms with Gasteiger partial charge in [0.05, 0.1) is 43.9 Å². The van der Waals surface area contributed by atoms with Gasteiger partial charge in [-0.1, -0.05) is 76.2 Å². The molecule has 16 nitrogen and oxygen atoms in total. The Labute approximate surface area is 374 Å². The molecule has 8 rings (SSSR count). The second kappa shape index (κ2) is 18.8. The van der Waals surface area contributed by atoms with E-state index >= 15 is 0 Å². The van der Waals surface area contributed by atoms with Crippen molar-refractivity contribution < 1.29 is 38.1 Å². The summed E-state index contributed by atoms with van der Waals surface area (Å²) in [4.78, 5) is 73.4. The Hall–Kier alpha value is -5.74. The largest absolute Gasteiger partial charge is 0.453 e. The number of H-pyrrole nitrogens is 2. The molecule has 4 saturated heterocycles. The Balaban J connectivity index is 0.971. The summed E-state index contributed by atoms with van der Waals surface area (Å²) in [6.45, 7) is 11.4. The molecule has 16 heteroatoms. The Kier molecular flexibility index (Phi) is 13.2. The first-order chi connectivity index (χ1) is 30.8. The Bertz CT molecular complexity index is 2120.